The van der Waals surface area contributed by atoms with Crippen LogP contribution in [0.15, 0.2) is 0 Å². The van der Waals surface area contributed by atoms with Crippen molar-refractivity contribution in [1.82, 2.24) is 0 Å². The first-order chi connectivity index (χ1) is 8.24. The summed E-state index contributed by atoms with van der Waals surface area (Å²) in [4.78, 5) is 0. The molecule has 17 heavy (non-hydrogen) atoms. The fourth-order valence-corrected chi connectivity index (χ4v) is 4.98. The lowest BCUT2D eigenvalue weighted by molar-refractivity contribution is 0.0641. The van der Waals surface area contributed by atoms with Gasteiger partial charge in [-0.1, -0.05) is 13.8 Å². The lowest BCUT2D eigenvalue weighted by atomic mass is 10.6. The van der Waals surface area contributed by atoms with E-state index in [9.17, 15) is 0 Å². The van der Waals surface area contributed by atoms with Gasteiger partial charge in [0.05, 0.1) is 0 Å². The van der Waals surface area contributed by atoms with Gasteiger partial charge in [-0.05, 0) is 50.8 Å². The van der Waals surface area contributed by atoms with Crippen LogP contribution in [0.3, 0.4) is 0 Å². The van der Waals surface area contributed by atoms with Crippen molar-refractivity contribution in [3.05, 3.63) is 0 Å². The Kier molecular flexibility index (Phi) is 12.4. The molecule has 0 N–H and O–H groups in total. The maximum absolute atomic E-state index is 5.67. The third kappa shape index (κ3) is 8.47. The summed E-state index contributed by atoms with van der Waals surface area (Å²) in [5, 5.41) is 0. The summed E-state index contributed by atoms with van der Waals surface area (Å²) in [5.74, 6) is 1.83. The van der Waals surface area contributed by atoms with Crippen LogP contribution in [0.1, 0.15) is 40.5 Å². The summed E-state index contributed by atoms with van der Waals surface area (Å²) in [6, 6.07) is 0. The van der Waals surface area contributed by atoms with E-state index in [0.717, 1.165) is 24.3 Å². The Morgan fingerprint density at radius 2 is 1.18 bits per heavy atom. The van der Waals surface area contributed by atoms with E-state index in [1.54, 1.807) is 0 Å². The van der Waals surface area contributed by atoms with Gasteiger partial charge in [-0.15, -0.1) is 0 Å². The molecule has 0 aromatic heterocycles. The molecular formula is C10H24O4S2Si. The molecule has 0 saturated carbocycles. The molecule has 0 aromatic rings. The monoisotopic (exact) mass is 300 g/mol. The molecule has 0 heterocycles. The van der Waals surface area contributed by atoms with Crippen molar-refractivity contribution in [2.24, 2.45) is 0 Å². The Hall–Kier alpha value is 0.757. The first-order valence-corrected chi connectivity index (χ1v) is 9.59. The lowest BCUT2D eigenvalue weighted by Gasteiger charge is -2.25. The van der Waals surface area contributed by atoms with E-state index >= 15 is 0 Å². The first-order valence-electron chi connectivity index (χ1n) is 6.13. The molecule has 0 saturated heterocycles. The molecule has 0 aliphatic heterocycles. The van der Waals surface area contributed by atoms with Crippen LogP contribution in [0.5, 0.6) is 0 Å². The highest BCUT2D eigenvalue weighted by molar-refractivity contribution is 7.96. The highest BCUT2D eigenvalue weighted by Gasteiger charge is 2.47. The second kappa shape index (κ2) is 11.8. The van der Waals surface area contributed by atoms with Gasteiger partial charge < -0.3 is 8.85 Å². The van der Waals surface area contributed by atoms with Gasteiger partial charge in [-0.3, -0.25) is 7.74 Å². The predicted molar refractivity (Wildman–Crippen MR) is 76.7 cm³/mol. The molecule has 0 bridgehead atoms. The Balaban J connectivity index is 4.25. The van der Waals surface area contributed by atoms with Gasteiger partial charge in [0.1, 0.15) is 0 Å². The van der Waals surface area contributed by atoms with Crippen molar-refractivity contribution in [3.8, 4) is 0 Å². The SMILES string of the molecule is CCCSO[Si](OCC)(OCC)OSCCC. The molecule has 0 aromatic carbocycles. The molecular weight excluding hydrogens is 276 g/mol. The Morgan fingerprint density at radius 3 is 1.47 bits per heavy atom. The zero-order chi connectivity index (χ0) is 13.0. The van der Waals surface area contributed by atoms with Crippen molar-refractivity contribution >= 4 is 33.1 Å². The quantitative estimate of drug-likeness (QED) is 0.311. The van der Waals surface area contributed by atoms with Gasteiger partial charge >= 0.3 is 9.05 Å². The second-order valence-electron chi connectivity index (χ2n) is 3.18. The minimum absolute atomic E-state index is 0.533. The smallest absolute Gasteiger partial charge is 0.350 e. The molecule has 0 spiro atoms. The molecule has 4 nitrogen and oxygen atoms in total. The summed E-state index contributed by atoms with van der Waals surface area (Å²) < 4.78 is 22.5. The van der Waals surface area contributed by atoms with Crippen molar-refractivity contribution in [3.63, 3.8) is 0 Å². The van der Waals surface area contributed by atoms with E-state index in [1.807, 2.05) is 13.8 Å². The van der Waals surface area contributed by atoms with Crippen molar-refractivity contribution in [2.75, 3.05) is 24.7 Å². The maximum atomic E-state index is 5.67. The molecule has 0 fully saturated rings. The van der Waals surface area contributed by atoms with Crippen molar-refractivity contribution in [1.29, 1.82) is 0 Å². The zero-order valence-corrected chi connectivity index (χ0v) is 13.8. The number of hydrogen-bond acceptors (Lipinski definition) is 6. The van der Waals surface area contributed by atoms with E-state index in [-0.39, 0.29) is 0 Å². The molecule has 0 amide bonds. The Labute approximate surface area is 115 Å². The van der Waals surface area contributed by atoms with Crippen molar-refractivity contribution in [2.45, 2.75) is 40.5 Å². The van der Waals surface area contributed by atoms with Crippen LogP contribution in [0.25, 0.3) is 0 Å². The van der Waals surface area contributed by atoms with Crippen LogP contribution >= 0.6 is 24.1 Å². The summed E-state index contributed by atoms with van der Waals surface area (Å²) in [6.07, 6.45) is 2.10. The van der Waals surface area contributed by atoms with Gasteiger partial charge in [-0.25, -0.2) is 0 Å². The van der Waals surface area contributed by atoms with Crippen LogP contribution in [0.2, 0.25) is 0 Å². The standard InChI is InChI=1S/C10H24O4S2Si/c1-5-9-15-13-17(11-7-3,12-8-4)14-16-10-6-2/h5-10H2,1-4H3. The lowest BCUT2D eigenvalue weighted by Crippen LogP contribution is -2.46. The van der Waals surface area contributed by atoms with Gasteiger partial charge in [0.2, 0.25) is 0 Å². The summed E-state index contributed by atoms with van der Waals surface area (Å²) in [7, 11) is -2.94. The van der Waals surface area contributed by atoms with Crippen LogP contribution in [0, 0.1) is 0 Å². The van der Waals surface area contributed by atoms with E-state index in [0.29, 0.717) is 13.2 Å². The van der Waals surface area contributed by atoms with Gasteiger partial charge in [0, 0.05) is 24.7 Å². The second-order valence-corrected chi connectivity index (χ2v) is 7.38. The molecule has 0 aliphatic rings. The molecule has 0 radical (unpaired) electrons. The van der Waals surface area contributed by atoms with E-state index in [1.165, 1.54) is 24.1 Å². The molecule has 0 aliphatic carbocycles. The Bertz CT molecular complexity index is 156. The molecule has 0 rings (SSSR count). The normalized spacial score (nSPS) is 12.0. The van der Waals surface area contributed by atoms with Gasteiger partial charge in [0.25, 0.3) is 0 Å². The first kappa shape index (κ1) is 17.8. The minimum atomic E-state index is -2.94. The highest BCUT2D eigenvalue weighted by atomic mass is 32.2. The van der Waals surface area contributed by atoms with Gasteiger partial charge in [0.15, 0.2) is 0 Å². The molecule has 7 heteroatoms. The Morgan fingerprint density at radius 1 is 0.765 bits per heavy atom. The highest BCUT2D eigenvalue weighted by Crippen LogP contribution is 2.24. The van der Waals surface area contributed by atoms with Crippen LogP contribution in [-0.4, -0.2) is 33.8 Å². The van der Waals surface area contributed by atoms with E-state index < -0.39 is 9.05 Å². The average molecular weight is 301 g/mol. The van der Waals surface area contributed by atoms with E-state index in [2.05, 4.69) is 13.8 Å². The fraction of sp³-hybridized carbons (Fsp3) is 1.00. The number of rotatable bonds is 12. The summed E-state index contributed by atoms with van der Waals surface area (Å²) in [5.41, 5.74) is 0. The molecule has 0 atom stereocenters. The van der Waals surface area contributed by atoms with Crippen LogP contribution in [0.4, 0.5) is 0 Å². The zero-order valence-electron chi connectivity index (χ0n) is 11.2. The van der Waals surface area contributed by atoms with Gasteiger partial charge in [-0.2, -0.15) is 0 Å². The maximum Gasteiger partial charge on any atom is 0.702 e. The third-order valence-electron chi connectivity index (χ3n) is 1.54. The van der Waals surface area contributed by atoms with Crippen LogP contribution in [-0.2, 0) is 16.6 Å². The molecule has 0 unspecified atom stereocenters. The topological polar surface area (TPSA) is 36.9 Å². The summed E-state index contributed by atoms with van der Waals surface area (Å²) in [6.45, 7) is 9.11. The fourth-order valence-electron chi connectivity index (χ4n) is 0.900. The van der Waals surface area contributed by atoms with Crippen LogP contribution < -0.4 is 0 Å². The third-order valence-corrected chi connectivity index (χ3v) is 6.55. The predicted octanol–water partition coefficient (Wildman–Crippen LogP) is 3.64. The largest absolute Gasteiger partial charge is 0.702 e. The minimum Gasteiger partial charge on any atom is -0.350 e. The van der Waals surface area contributed by atoms with Crippen molar-refractivity contribution < 1.29 is 16.6 Å². The molecule has 104 valence electrons. The van der Waals surface area contributed by atoms with E-state index in [4.69, 9.17) is 16.6 Å². The summed E-state index contributed by atoms with van der Waals surface area (Å²) >= 11 is 2.74. The average Bonchev–Trinajstić information content (AvgIpc) is 2.30. The number of hydrogen-bond donors (Lipinski definition) is 0.